The lowest BCUT2D eigenvalue weighted by Gasteiger charge is -2.28. The number of anilines is 1. The second-order valence-electron chi connectivity index (χ2n) is 9.38. The number of hydrogen-bond donors (Lipinski definition) is 4. The number of aromatic carboxylic acids is 1. The summed E-state index contributed by atoms with van der Waals surface area (Å²) in [5, 5.41) is 23.4. The molecule has 2 heterocycles. The third-order valence-electron chi connectivity index (χ3n) is 6.06. The van der Waals surface area contributed by atoms with Crippen molar-refractivity contribution in [2.24, 2.45) is 0 Å². The predicted octanol–water partition coefficient (Wildman–Crippen LogP) is 3.42. The molecular weight excluding hydrogens is 494 g/mol. The summed E-state index contributed by atoms with van der Waals surface area (Å²) in [6, 6.07) is 16.3. The van der Waals surface area contributed by atoms with E-state index in [4.69, 9.17) is 0 Å². The second-order valence-corrected chi connectivity index (χ2v) is 11.1. The largest absolute Gasteiger partial charge is 0.477 e. The second kappa shape index (κ2) is 10.7. The Morgan fingerprint density at radius 1 is 1.08 bits per heavy atom. The molecule has 11 heteroatoms. The summed E-state index contributed by atoms with van der Waals surface area (Å²) in [7, 11) is -3.73. The van der Waals surface area contributed by atoms with E-state index in [1.54, 1.807) is 48.8 Å². The van der Waals surface area contributed by atoms with Gasteiger partial charge in [0, 0.05) is 24.3 Å². The van der Waals surface area contributed by atoms with Crippen molar-refractivity contribution < 1.29 is 23.4 Å². The summed E-state index contributed by atoms with van der Waals surface area (Å²) in [6.45, 7) is 4.84. The van der Waals surface area contributed by atoms with Gasteiger partial charge in [0.25, 0.3) is 10.0 Å². The third kappa shape index (κ3) is 6.50. The van der Waals surface area contributed by atoms with E-state index >= 15 is 0 Å². The zero-order chi connectivity index (χ0) is 26.6. The molecule has 4 rings (SSSR count). The maximum Gasteiger partial charge on any atom is 0.354 e. The summed E-state index contributed by atoms with van der Waals surface area (Å²) >= 11 is 0. The summed E-state index contributed by atoms with van der Waals surface area (Å²) < 4.78 is 29.7. The van der Waals surface area contributed by atoms with Crippen LogP contribution in [0, 0.1) is 0 Å². The van der Waals surface area contributed by atoms with Gasteiger partial charge in [0.2, 0.25) is 0 Å². The van der Waals surface area contributed by atoms with Crippen LogP contribution in [0.25, 0.3) is 11.0 Å². The minimum Gasteiger partial charge on any atom is -0.477 e. The highest BCUT2D eigenvalue weighted by atomic mass is 32.2. The Morgan fingerprint density at radius 3 is 2.57 bits per heavy atom. The molecule has 0 radical (unpaired) electrons. The number of rotatable bonds is 11. The first-order valence-electron chi connectivity index (χ1n) is 11.7. The molecule has 2 aromatic carbocycles. The molecule has 10 nitrogen and oxygen atoms in total. The van der Waals surface area contributed by atoms with Crippen LogP contribution in [0.2, 0.25) is 0 Å². The van der Waals surface area contributed by atoms with Crippen molar-refractivity contribution in [3.05, 3.63) is 84.4 Å². The van der Waals surface area contributed by atoms with E-state index in [2.05, 4.69) is 20.0 Å². The number of nitrogens with one attached hydrogen (secondary N) is 2. The number of imidazole rings is 1. The predicted molar refractivity (Wildman–Crippen MR) is 140 cm³/mol. The molecule has 194 valence electrons. The molecule has 0 aliphatic carbocycles. The number of hydrogen-bond acceptors (Lipinski definition) is 7. The number of sulfonamides is 1. The van der Waals surface area contributed by atoms with Gasteiger partial charge in [0.05, 0.1) is 29.0 Å². The van der Waals surface area contributed by atoms with Gasteiger partial charge in [0.1, 0.15) is 11.2 Å². The Balaban J connectivity index is 1.37. The Morgan fingerprint density at radius 2 is 1.84 bits per heavy atom. The zero-order valence-corrected chi connectivity index (χ0v) is 21.3. The van der Waals surface area contributed by atoms with Crippen molar-refractivity contribution >= 4 is 32.7 Å². The van der Waals surface area contributed by atoms with Gasteiger partial charge in [-0.25, -0.2) is 23.2 Å². The molecular formula is C26H29N5O5S. The number of carboxylic acids is 1. The Hall–Kier alpha value is -3.80. The highest BCUT2D eigenvalue weighted by molar-refractivity contribution is 7.92. The maximum absolute atomic E-state index is 12.6. The molecule has 1 unspecified atom stereocenters. The first-order valence-corrected chi connectivity index (χ1v) is 13.2. The molecule has 37 heavy (non-hydrogen) atoms. The summed E-state index contributed by atoms with van der Waals surface area (Å²) in [4.78, 5) is 19.6. The van der Waals surface area contributed by atoms with Crippen molar-refractivity contribution in [2.45, 2.75) is 43.4 Å². The number of carboxylic acid groups (broad SMARTS) is 1. The molecule has 0 aliphatic heterocycles. The number of nitrogens with zero attached hydrogens (tertiary/aromatic N) is 3. The molecule has 0 aliphatic rings. The summed E-state index contributed by atoms with van der Waals surface area (Å²) in [5.74, 6) is -1.09. The van der Waals surface area contributed by atoms with E-state index in [0.29, 0.717) is 35.2 Å². The van der Waals surface area contributed by atoms with Crippen LogP contribution in [0.5, 0.6) is 0 Å². The number of aliphatic hydroxyl groups is 1. The fourth-order valence-corrected chi connectivity index (χ4v) is 4.93. The molecule has 1 atom stereocenters. The summed E-state index contributed by atoms with van der Waals surface area (Å²) in [6.07, 6.45) is 2.92. The van der Waals surface area contributed by atoms with Crippen LogP contribution in [0.3, 0.4) is 0 Å². The van der Waals surface area contributed by atoms with E-state index in [1.807, 2.05) is 18.4 Å². The van der Waals surface area contributed by atoms with Gasteiger partial charge in [-0.1, -0.05) is 30.3 Å². The number of aromatic nitrogens is 3. The van der Waals surface area contributed by atoms with Crippen LogP contribution in [-0.2, 0) is 16.6 Å². The van der Waals surface area contributed by atoms with Crippen LogP contribution in [-0.4, -0.2) is 51.2 Å². The SMILES string of the molecule is CC(C)(CCn1cnc2cnc(C(=O)O)cc21)NCC(O)c1cccc(NS(=O)(=O)c2ccccc2)c1. The van der Waals surface area contributed by atoms with E-state index in [1.165, 1.54) is 24.4 Å². The summed E-state index contributed by atoms with van der Waals surface area (Å²) in [5.41, 5.74) is 1.84. The molecule has 0 fully saturated rings. The van der Waals surface area contributed by atoms with Crippen molar-refractivity contribution in [1.82, 2.24) is 19.9 Å². The van der Waals surface area contributed by atoms with E-state index < -0.39 is 22.1 Å². The monoisotopic (exact) mass is 523 g/mol. The van der Waals surface area contributed by atoms with E-state index in [-0.39, 0.29) is 22.7 Å². The highest BCUT2D eigenvalue weighted by Crippen LogP contribution is 2.22. The Kier molecular flexibility index (Phi) is 7.58. The van der Waals surface area contributed by atoms with E-state index in [9.17, 15) is 23.4 Å². The average molecular weight is 524 g/mol. The fraction of sp³-hybridized carbons (Fsp3) is 0.269. The standard InChI is InChI=1S/C26H29N5O5S/c1-26(2,11-12-31-17-28-22-15-27-21(25(33)34)14-23(22)31)29-16-24(32)18-7-6-8-19(13-18)30-37(35,36)20-9-4-3-5-10-20/h3-10,13-15,17,24,29-30,32H,11-12,16H2,1-2H3,(H,33,34). The number of benzene rings is 2. The van der Waals surface area contributed by atoms with Crippen LogP contribution in [0.4, 0.5) is 5.69 Å². The number of fused-ring (bicyclic) bond motifs is 1. The number of aliphatic hydroxyl groups excluding tert-OH is 1. The maximum atomic E-state index is 12.6. The van der Waals surface area contributed by atoms with Gasteiger partial charge in [0.15, 0.2) is 0 Å². The molecule has 0 saturated carbocycles. The van der Waals surface area contributed by atoms with Gasteiger partial charge >= 0.3 is 5.97 Å². The van der Waals surface area contributed by atoms with Crippen LogP contribution >= 0.6 is 0 Å². The smallest absolute Gasteiger partial charge is 0.354 e. The molecule has 4 N–H and O–H groups in total. The highest BCUT2D eigenvalue weighted by Gasteiger charge is 2.21. The molecule has 0 spiro atoms. The van der Waals surface area contributed by atoms with Crippen molar-refractivity contribution in [3.63, 3.8) is 0 Å². The van der Waals surface area contributed by atoms with Gasteiger partial charge in [-0.15, -0.1) is 0 Å². The zero-order valence-electron chi connectivity index (χ0n) is 20.5. The topological polar surface area (TPSA) is 146 Å². The number of β-amino-alcohol motifs (C(OH)–C–C–N with tert-alkyl or cyclic N) is 1. The molecule has 0 amide bonds. The minimum atomic E-state index is -3.73. The van der Waals surface area contributed by atoms with Crippen LogP contribution in [0.15, 0.2) is 78.1 Å². The molecule has 2 aromatic heterocycles. The quantitative estimate of drug-likeness (QED) is 0.234. The van der Waals surface area contributed by atoms with E-state index in [0.717, 1.165) is 0 Å². The molecule has 0 saturated heterocycles. The minimum absolute atomic E-state index is 0.0388. The van der Waals surface area contributed by atoms with Gasteiger partial charge in [-0.2, -0.15) is 0 Å². The number of carbonyl (C=O) groups is 1. The number of pyridine rings is 1. The van der Waals surface area contributed by atoms with Crippen LogP contribution < -0.4 is 10.0 Å². The first kappa shape index (κ1) is 26.3. The van der Waals surface area contributed by atoms with Crippen molar-refractivity contribution in [2.75, 3.05) is 11.3 Å². The van der Waals surface area contributed by atoms with Crippen LogP contribution in [0.1, 0.15) is 42.4 Å². The lowest BCUT2D eigenvalue weighted by molar-refractivity contribution is 0.0690. The Bertz CT molecular complexity index is 1500. The lowest BCUT2D eigenvalue weighted by atomic mass is 9.99. The fourth-order valence-electron chi connectivity index (χ4n) is 3.86. The van der Waals surface area contributed by atoms with Gasteiger partial charge < -0.3 is 20.1 Å². The number of aryl methyl sites for hydroxylation is 1. The lowest BCUT2D eigenvalue weighted by Crippen LogP contribution is -2.42. The molecule has 4 aromatic rings. The average Bonchev–Trinajstić information content (AvgIpc) is 3.29. The van der Waals surface area contributed by atoms with Crippen molar-refractivity contribution in [1.29, 1.82) is 0 Å². The molecule has 0 bridgehead atoms. The third-order valence-corrected chi connectivity index (χ3v) is 7.45. The van der Waals surface area contributed by atoms with Gasteiger partial charge in [-0.3, -0.25) is 4.72 Å². The first-order chi connectivity index (χ1) is 17.5. The Labute approximate surface area is 215 Å². The van der Waals surface area contributed by atoms with Gasteiger partial charge in [-0.05, 0) is 56.2 Å². The van der Waals surface area contributed by atoms with Crippen molar-refractivity contribution in [3.8, 4) is 0 Å². The normalized spacial score (nSPS) is 12.9.